The Morgan fingerprint density at radius 3 is 2.07 bits per heavy atom. The Hall–Kier alpha value is -2.19. The maximum Gasteiger partial charge on any atom is 0.150 e. The van der Waals surface area contributed by atoms with Gasteiger partial charge in [-0.1, -0.05) is 84.9 Å². The summed E-state index contributed by atoms with van der Waals surface area (Å²) in [7, 11) is -2.88. The summed E-state index contributed by atoms with van der Waals surface area (Å²) in [6.07, 6.45) is 0.973. The molecule has 0 radical (unpaired) electrons. The van der Waals surface area contributed by atoms with Crippen molar-refractivity contribution in [3.05, 3.63) is 96.1 Å². The molecule has 0 N–H and O–H groups in total. The standard InChI is InChI=1S/C23H22NO2P/c25-27(19-10-3-1-4-11-19,20-12-5-2-6-13-20)22-17-26-24-16-15-18-9-7-8-14-21(18)23(22)24/h1-14,22-23H,15-17H2/t22?,23-/m0/s1. The van der Waals surface area contributed by atoms with Gasteiger partial charge >= 0.3 is 0 Å². The van der Waals surface area contributed by atoms with E-state index >= 15 is 0 Å². The summed E-state index contributed by atoms with van der Waals surface area (Å²) < 4.78 is 14.8. The van der Waals surface area contributed by atoms with Crippen LogP contribution < -0.4 is 10.6 Å². The van der Waals surface area contributed by atoms with Crippen LogP contribution in [0.3, 0.4) is 0 Å². The number of hydrogen-bond acceptors (Lipinski definition) is 3. The number of hydrogen-bond donors (Lipinski definition) is 0. The lowest BCUT2D eigenvalue weighted by molar-refractivity contribution is -0.136. The van der Waals surface area contributed by atoms with Crippen LogP contribution in [0.1, 0.15) is 17.2 Å². The summed E-state index contributed by atoms with van der Waals surface area (Å²) in [5.41, 5.74) is 2.52. The number of benzene rings is 3. The van der Waals surface area contributed by atoms with Crippen LogP contribution in [-0.2, 0) is 15.8 Å². The van der Waals surface area contributed by atoms with Gasteiger partial charge in [0.15, 0.2) is 0 Å². The quantitative estimate of drug-likeness (QED) is 0.650. The van der Waals surface area contributed by atoms with Crippen molar-refractivity contribution in [1.82, 2.24) is 5.06 Å². The molecule has 136 valence electrons. The van der Waals surface area contributed by atoms with Crippen molar-refractivity contribution in [2.75, 3.05) is 13.2 Å². The van der Waals surface area contributed by atoms with E-state index in [0.29, 0.717) is 6.61 Å². The monoisotopic (exact) mass is 375 g/mol. The van der Waals surface area contributed by atoms with Crippen molar-refractivity contribution in [3.63, 3.8) is 0 Å². The number of nitrogens with zero attached hydrogens (tertiary/aromatic N) is 1. The fourth-order valence-electron chi connectivity index (χ4n) is 4.52. The average molecular weight is 375 g/mol. The molecule has 1 saturated heterocycles. The second-order valence-electron chi connectivity index (χ2n) is 7.23. The van der Waals surface area contributed by atoms with Crippen LogP contribution in [-0.4, -0.2) is 23.9 Å². The van der Waals surface area contributed by atoms with Crippen molar-refractivity contribution in [3.8, 4) is 0 Å². The second kappa shape index (κ2) is 6.76. The first kappa shape index (κ1) is 16.9. The zero-order valence-corrected chi connectivity index (χ0v) is 16.0. The molecule has 3 aromatic rings. The van der Waals surface area contributed by atoms with Gasteiger partial charge in [0.2, 0.25) is 0 Å². The predicted octanol–water partition coefficient (Wildman–Crippen LogP) is 3.91. The van der Waals surface area contributed by atoms with Crippen molar-refractivity contribution in [2.45, 2.75) is 18.1 Å². The Morgan fingerprint density at radius 2 is 1.41 bits per heavy atom. The molecule has 1 unspecified atom stereocenters. The van der Waals surface area contributed by atoms with Crippen LogP contribution in [0, 0.1) is 0 Å². The number of rotatable bonds is 3. The van der Waals surface area contributed by atoms with Crippen molar-refractivity contribution in [1.29, 1.82) is 0 Å². The average Bonchev–Trinajstić information content (AvgIpc) is 3.20. The van der Waals surface area contributed by atoms with Crippen LogP contribution in [0.15, 0.2) is 84.9 Å². The Balaban J connectivity index is 1.69. The first-order valence-corrected chi connectivity index (χ1v) is 11.2. The number of hydroxylamine groups is 2. The molecule has 2 aliphatic heterocycles. The van der Waals surface area contributed by atoms with Gasteiger partial charge in [-0.05, 0) is 17.5 Å². The molecule has 2 aliphatic rings. The largest absolute Gasteiger partial charge is 0.313 e. The van der Waals surface area contributed by atoms with E-state index in [1.54, 1.807) is 0 Å². The lowest BCUT2D eigenvalue weighted by atomic mass is 9.93. The van der Waals surface area contributed by atoms with E-state index in [0.717, 1.165) is 23.6 Å². The van der Waals surface area contributed by atoms with Gasteiger partial charge in [-0.2, -0.15) is 5.06 Å². The molecule has 0 spiro atoms. The Labute approximate surface area is 159 Å². The molecular formula is C23H22NO2P. The second-order valence-corrected chi connectivity index (χ2v) is 10.2. The van der Waals surface area contributed by atoms with E-state index in [4.69, 9.17) is 4.84 Å². The van der Waals surface area contributed by atoms with Crippen molar-refractivity contribution >= 4 is 17.8 Å². The molecule has 1 fully saturated rings. The maximum atomic E-state index is 14.8. The third-order valence-corrected chi connectivity index (χ3v) is 9.30. The molecule has 4 heteroatoms. The number of fused-ring (bicyclic) bond motifs is 3. The van der Waals surface area contributed by atoms with Crippen LogP contribution >= 0.6 is 7.14 Å². The predicted molar refractivity (Wildman–Crippen MR) is 109 cm³/mol. The van der Waals surface area contributed by atoms with E-state index in [9.17, 15) is 4.57 Å². The summed E-state index contributed by atoms with van der Waals surface area (Å²) in [5.74, 6) is 0. The molecule has 2 atom stereocenters. The van der Waals surface area contributed by atoms with Crippen LogP contribution in [0.5, 0.6) is 0 Å². The molecule has 0 saturated carbocycles. The van der Waals surface area contributed by atoms with Crippen LogP contribution in [0.2, 0.25) is 0 Å². The van der Waals surface area contributed by atoms with E-state index < -0.39 is 7.14 Å². The molecule has 27 heavy (non-hydrogen) atoms. The summed E-state index contributed by atoms with van der Waals surface area (Å²) in [4.78, 5) is 6.08. The minimum absolute atomic E-state index is 0.0289. The van der Waals surface area contributed by atoms with Gasteiger partial charge in [0, 0.05) is 17.2 Å². The van der Waals surface area contributed by atoms with E-state index in [1.165, 1.54) is 11.1 Å². The minimum atomic E-state index is -2.88. The van der Waals surface area contributed by atoms with E-state index in [-0.39, 0.29) is 11.7 Å². The smallest absolute Gasteiger partial charge is 0.150 e. The van der Waals surface area contributed by atoms with Gasteiger partial charge in [0.1, 0.15) is 7.14 Å². The first-order chi connectivity index (χ1) is 13.3. The highest BCUT2D eigenvalue weighted by Crippen LogP contribution is 2.57. The molecule has 2 heterocycles. The molecule has 0 aliphatic carbocycles. The zero-order chi connectivity index (χ0) is 18.3. The van der Waals surface area contributed by atoms with Crippen LogP contribution in [0.4, 0.5) is 0 Å². The molecule has 0 bridgehead atoms. The molecule has 5 rings (SSSR count). The third-order valence-electron chi connectivity index (χ3n) is 5.81. The van der Waals surface area contributed by atoms with E-state index in [1.807, 2.05) is 60.7 Å². The lowest BCUT2D eigenvalue weighted by Gasteiger charge is -2.35. The summed E-state index contributed by atoms with van der Waals surface area (Å²) in [5, 5.41) is 3.88. The topological polar surface area (TPSA) is 29.5 Å². The van der Waals surface area contributed by atoms with Crippen molar-refractivity contribution < 1.29 is 9.40 Å². The summed E-state index contributed by atoms with van der Waals surface area (Å²) in [6.45, 7) is 1.34. The van der Waals surface area contributed by atoms with Gasteiger partial charge in [-0.3, -0.25) is 4.84 Å². The fourth-order valence-corrected chi connectivity index (χ4v) is 7.80. The fraction of sp³-hybridized carbons (Fsp3) is 0.217. The summed E-state index contributed by atoms with van der Waals surface area (Å²) >= 11 is 0. The third kappa shape index (κ3) is 2.70. The van der Waals surface area contributed by atoms with Gasteiger partial charge in [-0.25, -0.2) is 0 Å². The molecular weight excluding hydrogens is 353 g/mol. The van der Waals surface area contributed by atoms with E-state index in [2.05, 4.69) is 29.3 Å². The Kier molecular flexibility index (Phi) is 4.24. The SMILES string of the molecule is O=P(c1ccccc1)(c1ccccc1)C1CON2CCc3ccccc3[C@@H]12. The first-order valence-electron chi connectivity index (χ1n) is 9.47. The highest BCUT2D eigenvalue weighted by atomic mass is 31.2. The van der Waals surface area contributed by atoms with Gasteiger partial charge in [-0.15, -0.1) is 0 Å². The molecule has 0 aromatic heterocycles. The molecule has 3 nitrogen and oxygen atoms in total. The van der Waals surface area contributed by atoms with Gasteiger partial charge < -0.3 is 4.57 Å². The van der Waals surface area contributed by atoms with Gasteiger partial charge in [0.25, 0.3) is 0 Å². The van der Waals surface area contributed by atoms with Crippen LogP contribution in [0.25, 0.3) is 0 Å². The molecule has 3 aromatic carbocycles. The maximum absolute atomic E-state index is 14.8. The summed E-state index contributed by atoms with van der Waals surface area (Å²) in [6, 6.07) is 28.5. The Morgan fingerprint density at radius 1 is 0.815 bits per heavy atom. The van der Waals surface area contributed by atoms with Gasteiger partial charge in [0.05, 0.1) is 18.3 Å². The zero-order valence-electron chi connectivity index (χ0n) is 15.1. The lowest BCUT2D eigenvalue weighted by Crippen LogP contribution is -2.36. The minimum Gasteiger partial charge on any atom is -0.313 e. The normalized spacial score (nSPS) is 22.2. The highest BCUT2D eigenvalue weighted by molar-refractivity contribution is 7.79. The highest BCUT2D eigenvalue weighted by Gasteiger charge is 2.50. The molecule has 0 amide bonds. The Bertz CT molecular complexity index is 946. The van der Waals surface area contributed by atoms with Crippen molar-refractivity contribution in [2.24, 2.45) is 0 Å².